The predicted octanol–water partition coefficient (Wildman–Crippen LogP) is 1.99. The fourth-order valence-corrected chi connectivity index (χ4v) is 1.98. The molecule has 0 saturated heterocycles. The Hall–Kier alpha value is -0.820. The van der Waals surface area contributed by atoms with Crippen molar-refractivity contribution < 1.29 is 0 Å². The molecule has 1 heterocycles. The average Bonchev–Trinajstić information content (AvgIpc) is 2.12. The van der Waals surface area contributed by atoms with Gasteiger partial charge in [-0.3, -0.25) is 4.90 Å². The summed E-state index contributed by atoms with van der Waals surface area (Å²) in [5.41, 5.74) is 1.51. The third-order valence-corrected chi connectivity index (χ3v) is 2.84. The first-order chi connectivity index (χ1) is 5.79. The van der Waals surface area contributed by atoms with Gasteiger partial charge >= 0.3 is 0 Å². The molecule has 64 valence electrons. The molecule has 0 aromatic heterocycles. The molecule has 0 aromatic carbocycles. The Bertz CT molecular complexity index is 260. The second-order valence-electron chi connectivity index (χ2n) is 3.67. The summed E-state index contributed by atoms with van der Waals surface area (Å²) in [7, 11) is 2.18. The van der Waals surface area contributed by atoms with Gasteiger partial charge in [-0.15, -0.1) is 0 Å². The van der Waals surface area contributed by atoms with E-state index >= 15 is 0 Å². The molecule has 2 atom stereocenters. The molecule has 0 amide bonds. The fourth-order valence-electron chi connectivity index (χ4n) is 1.98. The van der Waals surface area contributed by atoms with Crippen molar-refractivity contribution in [2.75, 3.05) is 13.6 Å². The van der Waals surface area contributed by atoms with Crippen molar-refractivity contribution in [2.45, 2.75) is 13.0 Å². The van der Waals surface area contributed by atoms with E-state index < -0.39 is 0 Å². The Morgan fingerprint density at radius 2 is 2.08 bits per heavy atom. The van der Waals surface area contributed by atoms with E-state index in [1.54, 1.807) is 0 Å². The molecule has 0 N–H and O–H groups in total. The minimum atomic E-state index is 0.597. The van der Waals surface area contributed by atoms with Crippen molar-refractivity contribution in [3.63, 3.8) is 0 Å². The topological polar surface area (TPSA) is 3.24 Å². The molecule has 0 spiro atoms. The molecule has 12 heavy (non-hydrogen) atoms. The lowest BCUT2D eigenvalue weighted by molar-refractivity contribution is 0.259. The monoisotopic (exact) mass is 161 g/mol. The van der Waals surface area contributed by atoms with E-state index in [1.807, 2.05) is 0 Å². The second-order valence-corrected chi connectivity index (χ2v) is 3.67. The zero-order chi connectivity index (χ0) is 8.55. The van der Waals surface area contributed by atoms with Crippen LogP contribution in [0.2, 0.25) is 0 Å². The highest BCUT2D eigenvalue weighted by molar-refractivity contribution is 5.28. The van der Waals surface area contributed by atoms with E-state index in [9.17, 15) is 0 Å². The average molecular weight is 161 g/mol. The number of nitrogens with zero attached hydrogens (tertiary/aromatic N) is 1. The van der Waals surface area contributed by atoms with Gasteiger partial charge in [0, 0.05) is 18.5 Å². The summed E-state index contributed by atoms with van der Waals surface area (Å²) in [5, 5.41) is 0. The molecule has 2 aliphatic rings. The first-order valence-electron chi connectivity index (χ1n) is 4.51. The maximum absolute atomic E-state index is 2.39. The van der Waals surface area contributed by atoms with Crippen molar-refractivity contribution in [3.8, 4) is 0 Å². The summed E-state index contributed by atoms with van der Waals surface area (Å²) in [6, 6.07) is 0.597. The highest BCUT2D eigenvalue weighted by atomic mass is 15.1. The maximum Gasteiger partial charge on any atom is 0.0381 e. The standard InChI is InChI=1S/C11H15N/c1-9-7-8-12(2)11-6-4-3-5-10(9)11/h3-7,10-11H,8H2,1-2H3. The highest BCUT2D eigenvalue weighted by Gasteiger charge is 2.26. The molecule has 2 rings (SSSR count). The molecule has 0 saturated carbocycles. The van der Waals surface area contributed by atoms with Crippen LogP contribution in [-0.2, 0) is 0 Å². The maximum atomic E-state index is 2.39. The van der Waals surface area contributed by atoms with Gasteiger partial charge in [-0.2, -0.15) is 0 Å². The summed E-state index contributed by atoms with van der Waals surface area (Å²) in [5.74, 6) is 0.619. The number of hydrogen-bond donors (Lipinski definition) is 0. The van der Waals surface area contributed by atoms with Gasteiger partial charge in [0.05, 0.1) is 0 Å². The van der Waals surface area contributed by atoms with Crippen molar-refractivity contribution in [1.29, 1.82) is 0 Å². The number of hydrogen-bond acceptors (Lipinski definition) is 1. The summed E-state index contributed by atoms with van der Waals surface area (Å²) < 4.78 is 0. The Kier molecular flexibility index (Phi) is 1.89. The summed E-state index contributed by atoms with van der Waals surface area (Å²) >= 11 is 0. The summed E-state index contributed by atoms with van der Waals surface area (Å²) in [6.07, 6.45) is 11.2. The first kappa shape index (κ1) is 7.81. The second kappa shape index (κ2) is 2.91. The zero-order valence-electron chi connectivity index (χ0n) is 7.70. The third kappa shape index (κ3) is 1.14. The molecule has 0 fully saturated rings. The van der Waals surface area contributed by atoms with Crippen molar-refractivity contribution in [1.82, 2.24) is 4.90 Å². The van der Waals surface area contributed by atoms with Gasteiger partial charge in [0.25, 0.3) is 0 Å². The summed E-state index contributed by atoms with van der Waals surface area (Å²) in [6.45, 7) is 3.32. The van der Waals surface area contributed by atoms with E-state index in [4.69, 9.17) is 0 Å². The third-order valence-electron chi connectivity index (χ3n) is 2.84. The number of rotatable bonds is 0. The molecule has 1 aliphatic heterocycles. The Morgan fingerprint density at radius 1 is 1.33 bits per heavy atom. The predicted molar refractivity (Wildman–Crippen MR) is 51.9 cm³/mol. The van der Waals surface area contributed by atoms with E-state index in [0.29, 0.717) is 12.0 Å². The van der Waals surface area contributed by atoms with Crippen LogP contribution in [0.3, 0.4) is 0 Å². The van der Waals surface area contributed by atoms with E-state index in [0.717, 1.165) is 6.54 Å². The van der Waals surface area contributed by atoms with E-state index in [-0.39, 0.29) is 0 Å². The fraction of sp³-hybridized carbons (Fsp3) is 0.455. The zero-order valence-corrected chi connectivity index (χ0v) is 7.70. The van der Waals surface area contributed by atoms with Crippen LogP contribution in [0.15, 0.2) is 36.0 Å². The van der Waals surface area contributed by atoms with Crippen LogP contribution in [0.1, 0.15) is 6.92 Å². The van der Waals surface area contributed by atoms with Gasteiger partial charge in [0.15, 0.2) is 0 Å². The first-order valence-corrected chi connectivity index (χ1v) is 4.51. The molecule has 1 aliphatic carbocycles. The van der Waals surface area contributed by atoms with Gasteiger partial charge < -0.3 is 0 Å². The largest absolute Gasteiger partial charge is 0.295 e. The normalized spacial score (nSPS) is 34.7. The van der Waals surface area contributed by atoms with Gasteiger partial charge in [-0.05, 0) is 14.0 Å². The number of fused-ring (bicyclic) bond motifs is 1. The van der Waals surface area contributed by atoms with Crippen molar-refractivity contribution in [2.24, 2.45) is 5.92 Å². The van der Waals surface area contributed by atoms with Crippen LogP contribution < -0.4 is 0 Å². The van der Waals surface area contributed by atoms with Gasteiger partial charge in [0.1, 0.15) is 0 Å². The van der Waals surface area contributed by atoms with Crippen molar-refractivity contribution >= 4 is 0 Å². The lowest BCUT2D eigenvalue weighted by Crippen LogP contribution is -2.40. The Balaban J connectivity index is 2.30. The molecule has 1 nitrogen and oxygen atoms in total. The van der Waals surface area contributed by atoms with Crippen LogP contribution in [0.25, 0.3) is 0 Å². The van der Waals surface area contributed by atoms with Gasteiger partial charge in [-0.1, -0.05) is 36.0 Å². The molecule has 0 aromatic rings. The van der Waals surface area contributed by atoms with Crippen molar-refractivity contribution in [3.05, 3.63) is 36.0 Å². The smallest absolute Gasteiger partial charge is 0.0381 e. The minimum absolute atomic E-state index is 0.597. The molecule has 2 unspecified atom stereocenters. The van der Waals surface area contributed by atoms with Crippen LogP contribution >= 0.6 is 0 Å². The van der Waals surface area contributed by atoms with E-state index in [1.165, 1.54) is 5.57 Å². The van der Waals surface area contributed by atoms with Crippen LogP contribution in [0.4, 0.5) is 0 Å². The Labute approximate surface area is 74.1 Å². The van der Waals surface area contributed by atoms with Crippen LogP contribution in [0.5, 0.6) is 0 Å². The number of likely N-dealkylation sites (N-methyl/N-ethyl adjacent to an activating group) is 1. The SMILES string of the molecule is CC1=CCN(C)C2C=CC=CC12. The molecule has 0 radical (unpaired) electrons. The Morgan fingerprint density at radius 3 is 2.83 bits per heavy atom. The molecular formula is C11H15N. The summed E-state index contributed by atoms with van der Waals surface area (Å²) in [4.78, 5) is 2.39. The minimum Gasteiger partial charge on any atom is -0.295 e. The molecule has 0 bridgehead atoms. The van der Waals surface area contributed by atoms with Crippen LogP contribution in [-0.4, -0.2) is 24.5 Å². The number of allylic oxidation sites excluding steroid dienone is 2. The van der Waals surface area contributed by atoms with Gasteiger partial charge in [-0.25, -0.2) is 0 Å². The van der Waals surface area contributed by atoms with Gasteiger partial charge in [0.2, 0.25) is 0 Å². The van der Waals surface area contributed by atoms with Crippen LogP contribution in [0, 0.1) is 5.92 Å². The van der Waals surface area contributed by atoms with E-state index in [2.05, 4.69) is 49.3 Å². The lowest BCUT2D eigenvalue weighted by atomic mass is 9.85. The molecular weight excluding hydrogens is 146 g/mol. The molecule has 1 heteroatoms. The lowest BCUT2D eigenvalue weighted by Gasteiger charge is -2.36. The quantitative estimate of drug-likeness (QED) is 0.491. The highest BCUT2D eigenvalue weighted by Crippen LogP contribution is 2.27.